The van der Waals surface area contributed by atoms with E-state index in [0.717, 1.165) is 23.3 Å². The highest BCUT2D eigenvalue weighted by Crippen LogP contribution is 2.30. The first-order valence-corrected chi connectivity index (χ1v) is 7.95. The summed E-state index contributed by atoms with van der Waals surface area (Å²) in [7, 11) is 0. The molecule has 0 fully saturated rings. The maximum atomic E-state index is 12.1. The van der Waals surface area contributed by atoms with Crippen LogP contribution in [-0.4, -0.2) is 24.8 Å². The fourth-order valence-electron chi connectivity index (χ4n) is 2.36. The fourth-order valence-corrected chi connectivity index (χ4v) is 2.36. The third-order valence-electron chi connectivity index (χ3n) is 3.80. The standard InChI is InChI=1S/C19H20N2O3/c1-13-4-6-15(7-5-13)19(22)21-20-14(2)16-8-9-17-18(12-16)24-11-3-10-23-17/h4-9,12H,3,10-11H2,1-2H3,(H,21,22)/b20-14-. The molecule has 0 radical (unpaired) electrons. The Morgan fingerprint density at radius 2 is 1.67 bits per heavy atom. The van der Waals surface area contributed by atoms with Gasteiger partial charge in [0.1, 0.15) is 0 Å². The number of benzene rings is 2. The van der Waals surface area contributed by atoms with Crippen LogP contribution in [0.3, 0.4) is 0 Å². The molecular weight excluding hydrogens is 304 g/mol. The van der Waals surface area contributed by atoms with Crippen molar-refractivity contribution in [1.29, 1.82) is 0 Å². The molecule has 1 aliphatic heterocycles. The van der Waals surface area contributed by atoms with Gasteiger partial charge in [-0.1, -0.05) is 17.7 Å². The Morgan fingerprint density at radius 1 is 1.00 bits per heavy atom. The van der Waals surface area contributed by atoms with Gasteiger partial charge in [-0.15, -0.1) is 0 Å². The van der Waals surface area contributed by atoms with Crippen molar-refractivity contribution in [3.8, 4) is 11.5 Å². The number of fused-ring (bicyclic) bond motifs is 1. The minimum atomic E-state index is -0.233. The van der Waals surface area contributed by atoms with Crippen LogP contribution in [0.2, 0.25) is 0 Å². The second-order valence-electron chi connectivity index (χ2n) is 5.72. The van der Waals surface area contributed by atoms with Gasteiger partial charge in [0, 0.05) is 17.5 Å². The Labute approximate surface area is 141 Å². The lowest BCUT2D eigenvalue weighted by Crippen LogP contribution is -2.19. The van der Waals surface area contributed by atoms with Gasteiger partial charge in [-0.3, -0.25) is 4.79 Å². The Balaban J connectivity index is 1.72. The Hall–Kier alpha value is -2.82. The number of carbonyl (C=O) groups excluding carboxylic acids is 1. The van der Waals surface area contributed by atoms with Crippen molar-refractivity contribution in [1.82, 2.24) is 5.43 Å². The first kappa shape index (κ1) is 16.1. The monoisotopic (exact) mass is 324 g/mol. The molecule has 3 rings (SSSR count). The number of aryl methyl sites for hydroxylation is 1. The summed E-state index contributed by atoms with van der Waals surface area (Å²) in [4.78, 5) is 12.1. The number of carbonyl (C=O) groups is 1. The molecule has 1 amide bonds. The Bertz CT molecular complexity index is 767. The molecular formula is C19H20N2O3. The van der Waals surface area contributed by atoms with E-state index in [1.54, 1.807) is 12.1 Å². The van der Waals surface area contributed by atoms with Gasteiger partial charge in [0.15, 0.2) is 11.5 Å². The van der Waals surface area contributed by atoms with E-state index in [4.69, 9.17) is 9.47 Å². The number of nitrogens with zero attached hydrogens (tertiary/aromatic N) is 1. The van der Waals surface area contributed by atoms with Crippen LogP contribution >= 0.6 is 0 Å². The van der Waals surface area contributed by atoms with Gasteiger partial charge >= 0.3 is 0 Å². The van der Waals surface area contributed by atoms with Crippen LogP contribution in [0.4, 0.5) is 0 Å². The van der Waals surface area contributed by atoms with Gasteiger partial charge in [-0.2, -0.15) is 5.10 Å². The van der Waals surface area contributed by atoms with Crippen molar-refractivity contribution in [2.75, 3.05) is 13.2 Å². The summed E-state index contributed by atoms with van der Waals surface area (Å²) in [5.41, 5.74) is 5.85. The third-order valence-corrected chi connectivity index (χ3v) is 3.80. The molecule has 0 atom stereocenters. The molecule has 0 spiro atoms. The molecule has 0 unspecified atom stereocenters. The fraction of sp³-hybridized carbons (Fsp3) is 0.263. The second-order valence-corrected chi connectivity index (χ2v) is 5.72. The SMILES string of the molecule is C/C(=N/NC(=O)c1ccc(C)cc1)c1ccc2c(c1)OCCCO2. The molecule has 0 aliphatic carbocycles. The number of hydrogen-bond acceptors (Lipinski definition) is 4. The van der Waals surface area contributed by atoms with Crippen molar-refractivity contribution in [3.05, 3.63) is 59.2 Å². The summed E-state index contributed by atoms with van der Waals surface area (Å²) in [5.74, 6) is 1.22. The average Bonchev–Trinajstić information content (AvgIpc) is 2.84. The molecule has 1 aliphatic rings. The van der Waals surface area contributed by atoms with E-state index in [-0.39, 0.29) is 5.91 Å². The van der Waals surface area contributed by atoms with Crippen LogP contribution in [0.1, 0.15) is 34.8 Å². The van der Waals surface area contributed by atoms with Gasteiger partial charge in [0.25, 0.3) is 5.91 Å². The van der Waals surface area contributed by atoms with Crippen molar-refractivity contribution in [2.24, 2.45) is 5.10 Å². The minimum Gasteiger partial charge on any atom is -0.490 e. The Kier molecular flexibility index (Phi) is 4.79. The van der Waals surface area contributed by atoms with Crippen LogP contribution in [-0.2, 0) is 0 Å². The molecule has 0 aromatic heterocycles. The highest BCUT2D eigenvalue weighted by Gasteiger charge is 2.12. The molecule has 0 bridgehead atoms. The zero-order valence-electron chi connectivity index (χ0n) is 13.8. The van der Waals surface area contributed by atoms with Crippen LogP contribution in [0.5, 0.6) is 11.5 Å². The highest BCUT2D eigenvalue weighted by molar-refractivity contribution is 6.01. The lowest BCUT2D eigenvalue weighted by molar-refractivity contribution is 0.0955. The smallest absolute Gasteiger partial charge is 0.271 e. The molecule has 2 aromatic carbocycles. The van der Waals surface area contributed by atoms with E-state index in [1.807, 2.05) is 44.2 Å². The van der Waals surface area contributed by atoms with Gasteiger partial charge < -0.3 is 9.47 Å². The van der Waals surface area contributed by atoms with Crippen LogP contribution in [0.15, 0.2) is 47.6 Å². The summed E-state index contributed by atoms with van der Waals surface area (Å²) in [5, 5.41) is 4.19. The zero-order valence-corrected chi connectivity index (χ0v) is 13.8. The van der Waals surface area contributed by atoms with Crippen molar-refractivity contribution in [2.45, 2.75) is 20.3 Å². The molecule has 24 heavy (non-hydrogen) atoms. The predicted molar refractivity (Wildman–Crippen MR) is 92.9 cm³/mol. The molecule has 5 heteroatoms. The van der Waals surface area contributed by atoms with Gasteiger partial charge in [0.2, 0.25) is 0 Å². The van der Waals surface area contributed by atoms with E-state index in [0.29, 0.717) is 30.2 Å². The number of amides is 1. The summed E-state index contributed by atoms with van der Waals surface area (Å²) in [6, 6.07) is 13.0. The van der Waals surface area contributed by atoms with Crippen molar-refractivity contribution < 1.29 is 14.3 Å². The summed E-state index contributed by atoms with van der Waals surface area (Å²) in [6.45, 7) is 5.12. The lowest BCUT2D eigenvalue weighted by Gasteiger charge is -2.09. The quantitative estimate of drug-likeness (QED) is 0.696. The molecule has 124 valence electrons. The number of hydrogen-bond donors (Lipinski definition) is 1. The second kappa shape index (κ2) is 7.17. The first-order valence-electron chi connectivity index (χ1n) is 7.95. The van der Waals surface area contributed by atoms with Crippen LogP contribution < -0.4 is 14.9 Å². The zero-order chi connectivity index (χ0) is 16.9. The Morgan fingerprint density at radius 3 is 2.42 bits per heavy atom. The van der Waals surface area contributed by atoms with Gasteiger partial charge in [-0.05, 0) is 44.2 Å². The number of ether oxygens (including phenoxy) is 2. The number of nitrogens with one attached hydrogen (secondary N) is 1. The first-order chi connectivity index (χ1) is 11.6. The third kappa shape index (κ3) is 3.74. The van der Waals surface area contributed by atoms with Crippen molar-refractivity contribution in [3.63, 3.8) is 0 Å². The molecule has 5 nitrogen and oxygen atoms in total. The van der Waals surface area contributed by atoms with E-state index >= 15 is 0 Å². The van der Waals surface area contributed by atoms with Gasteiger partial charge in [-0.25, -0.2) is 5.43 Å². The van der Waals surface area contributed by atoms with E-state index in [9.17, 15) is 4.79 Å². The predicted octanol–water partition coefficient (Wildman–Crippen LogP) is 3.31. The topological polar surface area (TPSA) is 59.9 Å². The minimum absolute atomic E-state index is 0.233. The maximum Gasteiger partial charge on any atom is 0.271 e. The number of hydrazone groups is 1. The summed E-state index contributed by atoms with van der Waals surface area (Å²) in [6.07, 6.45) is 0.865. The highest BCUT2D eigenvalue weighted by atomic mass is 16.5. The van der Waals surface area contributed by atoms with E-state index < -0.39 is 0 Å². The molecule has 0 saturated heterocycles. The van der Waals surface area contributed by atoms with E-state index in [1.165, 1.54) is 0 Å². The van der Waals surface area contributed by atoms with Gasteiger partial charge in [0.05, 0.1) is 18.9 Å². The number of rotatable bonds is 3. The normalized spacial score (nSPS) is 14.0. The van der Waals surface area contributed by atoms with Crippen LogP contribution in [0.25, 0.3) is 0 Å². The summed E-state index contributed by atoms with van der Waals surface area (Å²) >= 11 is 0. The average molecular weight is 324 g/mol. The molecule has 1 N–H and O–H groups in total. The largest absolute Gasteiger partial charge is 0.490 e. The molecule has 1 heterocycles. The molecule has 2 aromatic rings. The van der Waals surface area contributed by atoms with E-state index in [2.05, 4.69) is 10.5 Å². The van der Waals surface area contributed by atoms with Crippen molar-refractivity contribution >= 4 is 11.6 Å². The van der Waals surface area contributed by atoms with Crippen LogP contribution in [0, 0.1) is 6.92 Å². The maximum absolute atomic E-state index is 12.1. The molecule has 0 saturated carbocycles. The summed E-state index contributed by atoms with van der Waals surface area (Å²) < 4.78 is 11.3. The lowest BCUT2D eigenvalue weighted by atomic mass is 10.1.